The number of nitrogens with zero attached hydrogens (tertiary/aromatic N) is 2. The maximum Gasteiger partial charge on any atom is 0.236 e. The van der Waals surface area contributed by atoms with Gasteiger partial charge in [0.15, 0.2) is 5.13 Å². The van der Waals surface area contributed by atoms with E-state index in [0.29, 0.717) is 0 Å². The van der Waals surface area contributed by atoms with Crippen molar-refractivity contribution in [1.29, 1.82) is 0 Å². The summed E-state index contributed by atoms with van der Waals surface area (Å²) in [7, 11) is 0. The maximum atomic E-state index is 13.0. The lowest BCUT2D eigenvalue weighted by atomic mass is 9.64. The molecule has 1 saturated heterocycles. The average Bonchev–Trinajstić information content (AvgIpc) is 3.02. The van der Waals surface area contributed by atoms with E-state index in [-0.39, 0.29) is 11.3 Å². The first kappa shape index (κ1) is 17.7. The zero-order valence-electron chi connectivity index (χ0n) is 15.4. The molecule has 2 aliphatic rings. The minimum absolute atomic E-state index is 0.0995. The number of carbonyl (C=O) groups is 1. The van der Waals surface area contributed by atoms with E-state index in [1.807, 2.05) is 18.2 Å². The molecule has 2 aromatic rings. The van der Waals surface area contributed by atoms with Crippen LogP contribution in [-0.4, -0.2) is 28.9 Å². The van der Waals surface area contributed by atoms with Crippen LogP contribution in [-0.2, 0) is 16.8 Å². The van der Waals surface area contributed by atoms with Gasteiger partial charge < -0.3 is 5.32 Å². The van der Waals surface area contributed by atoms with Crippen LogP contribution >= 0.6 is 11.3 Å². The molecule has 1 atom stereocenters. The summed E-state index contributed by atoms with van der Waals surface area (Å²) in [5.41, 5.74) is 1.83. The third-order valence-electron chi connectivity index (χ3n) is 5.87. The third kappa shape index (κ3) is 3.55. The maximum absolute atomic E-state index is 13.0. The van der Waals surface area contributed by atoms with Crippen molar-refractivity contribution >= 4 is 22.4 Å². The molecule has 4 nitrogen and oxygen atoms in total. The molecule has 1 aliphatic carbocycles. The fraction of sp³-hybridized carbons (Fsp3) is 0.524. The van der Waals surface area contributed by atoms with Crippen molar-refractivity contribution in [2.75, 3.05) is 18.4 Å². The van der Waals surface area contributed by atoms with Gasteiger partial charge in [-0.2, -0.15) is 0 Å². The summed E-state index contributed by atoms with van der Waals surface area (Å²) in [5, 5.41) is 5.92. The second-order valence-corrected chi connectivity index (χ2v) is 8.74. The number of thiazole rings is 1. The summed E-state index contributed by atoms with van der Waals surface area (Å²) in [6, 6.07) is 10.2. The second-order valence-electron chi connectivity index (χ2n) is 7.88. The number of rotatable bonds is 5. The molecular formula is C21H27N3OS. The number of hydrogen-bond acceptors (Lipinski definition) is 4. The highest BCUT2D eigenvalue weighted by molar-refractivity contribution is 7.13. The fourth-order valence-corrected chi connectivity index (χ4v) is 4.94. The van der Waals surface area contributed by atoms with Gasteiger partial charge in [0.25, 0.3) is 0 Å². The summed E-state index contributed by atoms with van der Waals surface area (Å²) in [5.74, 6) is 0.869. The monoisotopic (exact) mass is 369 g/mol. The molecule has 1 unspecified atom stereocenters. The first-order chi connectivity index (χ1) is 12.7. The van der Waals surface area contributed by atoms with Gasteiger partial charge in [-0.15, -0.1) is 11.3 Å². The van der Waals surface area contributed by atoms with Crippen LogP contribution in [0.3, 0.4) is 0 Å². The van der Waals surface area contributed by atoms with Gasteiger partial charge in [-0.1, -0.05) is 43.7 Å². The Balaban J connectivity index is 1.41. The number of aromatic nitrogens is 1. The average molecular weight is 370 g/mol. The standard InChI is InChI=1S/C21H27N3OS/c1-16-7-5-12-24(13-16)14-18-15-26-20(22-18)23-19(25)21(10-6-11-21)17-8-3-2-4-9-17/h2-4,8-9,15-16H,5-7,10-14H2,1H3,(H,22,23,25). The number of piperidine rings is 1. The van der Waals surface area contributed by atoms with E-state index < -0.39 is 0 Å². The van der Waals surface area contributed by atoms with Crippen LogP contribution in [0.4, 0.5) is 5.13 Å². The Morgan fingerprint density at radius 2 is 2.12 bits per heavy atom. The molecule has 0 radical (unpaired) electrons. The number of nitrogens with one attached hydrogen (secondary N) is 1. The van der Waals surface area contributed by atoms with Crippen LogP contribution in [0.25, 0.3) is 0 Å². The highest BCUT2D eigenvalue weighted by Gasteiger charge is 2.45. The minimum atomic E-state index is -0.366. The lowest BCUT2D eigenvalue weighted by molar-refractivity contribution is -0.124. The molecule has 0 spiro atoms. The summed E-state index contributed by atoms with van der Waals surface area (Å²) >= 11 is 1.54. The van der Waals surface area contributed by atoms with E-state index in [1.54, 1.807) is 11.3 Å². The van der Waals surface area contributed by atoms with Crippen LogP contribution in [0, 0.1) is 5.92 Å². The Morgan fingerprint density at radius 1 is 1.31 bits per heavy atom. The number of carbonyl (C=O) groups excluding carboxylic acids is 1. The van der Waals surface area contributed by atoms with Crippen molar-refractivity contribution in [3.05, 3.63) is 47.0 Å². The van der Waals surface area contributed by atoms with E-state index in [1.165, 1.54) is 12.8 Å². The van der Waals surface area contributed by atoms with Crippen molar-refractivity contribution in [3.8, 4) is 0 Å². The highest BCUT2D eigenvalue weighted by atomic mass is 32.1. The summed E-state index contributed by atoms with van der Waals surface area (Å²) in [6.07, 6.45) is 5.56. The number of likely N-dealkylation sites (tertiary alicyclic amines) is 1. The SMILES string of the molecule is CC1CCCN(Cc2csc(NC(=O)C3(c4ccccc4)CCC3)n2)C1. The zero-order valence-corrected chi connectivity index (χ0v) is 16.2. The molecule has 1 N–H and O–H groups in total. The predicted molar refractivity (Wildman–Crippen MR) is 106 cm³/mol. The van der Waals surface area contributed by atoms with Gasteiger partial charge in [-0.05, 0) is 43.7 Å². The first-order valence-electron chi connectivity index (χ1n) is 9.69. The molecule has 138 valence electrons. The molecule has 1 amide bonds. The molecule has 2 heterocycles. The largest absolute Gasteiger partial charge is 0.301 e. The Bertz CT molecular complexity index is 754. The summed E-state index contributed by atoms with van der Waals surface area (Å²) in [4.78, 5) is 20.2. The molecule has 2 fully saturated rings. The van der Waals surface area contributed by atoms with Gasteiger partial charge in [0.1, 0.15) is 0 Å². The molecule has 1 saturated carbocycles. The van der Waals surface area contributed by atoms with Gasteiger partial charge >= 0.3 is 0 Å². The number of anilines is 1. The van der Waals surface area contributed by atoms with Gasteiger partial charge in [0.2, 0.25) is 5.91 Å². The lowest BCUT2D eigenvalue weighted by Crippen LogP contribution is -2.45. The predicted octanol–water partition coefficient (Wildman–Crippen LogP) is 4.44. The van der Waals surface area contributed by atoms with E-state index >= 15 is 0 Å². The van der Waals surface area contributed by atoms with Crippen molar-refractivity contribution in [2.45, 2.75) is 51.0 Å². The van der Waals surface area contributed by atoms with Gasteiger partial charge in [0.05, 0.1) is 11.1 Å². The van der Waals surface area contributed by atoms with Crippen LogP contribution in [0.15, 0.2) is 35.7 Å². The molecule has 0 bridgehead atoms. The van der Waals surface area contributed by atoms with Crippen molar-refractivity contribution in [2.24, 2.45) is 5.92 Å². The van der Waals surface area contributed by atoms with Crippen molar-refractivity contribution in [3.63, 3.8) is 0 Å². The van der Waals surface area contributed by atoms with Crippen LogP contribution < -0.4 is 5.32 Å². The van der Waals surface area contributed by atoms with Crippen LogP contribution in [0.2, 0.25) is 0 Å². The molecule has 26 heavy (non-hydrogen) atoms. The normalized spacial score (nSPS) is 22.6. The first-order valence-corrected chi connectivity index (χ1v) is 10.6. The second kappa shape index (κ2) is 7.49. The molecular weight excluding hydrogens is 342 g/mol. The summed E-state index contributed by atoms with van der Waals surface area (Å²) in [6.45, 7) is 5.51. The number of amides is 1. The molecule has 1 aromatic carbocycles. The minimum Gasteiger partial charge on any atom is -0.301 e. The quantitative estimate of drug-likeness (QED) is 0.848. The van der Waals surface area contributed by atoms with E-state index in [2.05, 4.69) is 39.6 Å². The third-order valence-corrected chi connectivity index (χ3v) is 6.67. The Hall–Kier alpha value is -1.72. The van der Waals surface area contributed by atoms with Crippen molar-refractivity contribution in [1.82, 2.24) is 9.88 Å². The molecule has 1 aromatic heterocycles. The van der Waals surface area contributed by atoms with E-state index in [0.717, 1.165) is 61.2 Å². The Kier molecular flexibility index (Phi) is 5.09. The molecule has 1 aliphatic heterocycles. The lowest BCUT2D eigenvalue weighted by Gasteiger charge is -2.40. The highest BCUT2D eigenvalue weighted by Crippen LogP contribution is 2.44. The van der Waals surface area contributed by atoms with Gasteiger partial charge in [0, 0.05) is 18.5 Å². The Morgan fingerprint density at radius 3 is 2.81 bits per heavy atom. The van der Waals surface area contributed by atoms with E-state index in [4.69, 9.17) is 0 Å². The molecule has 4 rings (SSSR count). The molecule has 5 heteroatoms. The topological polar surface area (TPSA) is 45.2 Å². The van der Waals surface area contributed by atoms with Gasteiger partial charge in [-0.3, -0.25) is 9.69 Å². The van der Waals surface area contributed by atoms with E-state index in [9.17, 15) is 4.79 Å². The number of benzene rings is 1. The van der Waals surface area contributed by atoms with Crippen molar-refractivity contribution < 1.29 is 4.79 Å². The zero-order chi connectivity index (χ0) is 18.0. The Labute approximate surface area is 159 Å². The smallest absolute Gasteiger partial charge is 0.236 e. The fourth-order valence-electron chi connectivity index (χ4n) is 4.25. The summed E-state index contributed by atoms with van der Waals surface area (Å²) < 4.78 is 0. The van der Waals surface area contributed by atoms with Crippen LogP contribution in [0.5, 0.6) is 0 Å². The number of hydrogen-bond donors (Lipinski definition) is 1. The van der Waals surface area contributed by atoms with Gasteiger partial charge in [-0.25, -0.2) is 4.98 Å². The van der Waals surface area contributed by atoms with Crippen LogP contribution in [0.1, 0.15) is 50.3 Å².